The number of nitriles is 1. The molecule has 6 heteroatoms. The number of carbonyl (C=O) groups is 1. The standard InChI is InChI=1S/C18H27N3O2S/c1-14(2)18(3,13-19)20-17(22)12-21(10-15-6-4-8-23-15)11-16-7-5-9-24-16/h5,7,9,14-15H,4,6,8,10-12H2,1-3H3,(H,20,22)/t15-,18-/m0/s1. The number of hydrogen-bond acceptors (Lipinski definition) is 5. The quantitative estimate of drug-likeness (QED) is 0.784. The first-order chi connectivity index (χ1) is 11.4. The van der Waals surface area contributed by atoms with Crippen molar-refractivity contribution in [3.05, 3.63) is 22.4 Å². The third-order valence-corrected chi connectivity index (χ3v) is 5.46. The lowest BCUT2D eigenvalue weighted by molar-refractivity contribution is -0.124. The number of thiophene rings is 1. The van der Waals surface area contributed by atoms with E-state index in [2.05, 4.69) is 22.4 Å². The topological polar surface area (TPSA) is 65.4 Å². The monoisotopic (exact) mass is 349 g/mol. The molecule has 24 heavy (non-hydrogen) atoms. The predicted octanol–water partition coefficient (Wildman–Crippen LogP) is 2.78. The molecule has 1 aliphatic rings. The van der Waals surface area contributed by atoms with E-state index in [1.165, 1.54) is 4.88 Å². The fourth-order valence-corrected chi connectivity index (χ4v) is 3.46. The lowest BCUT2D eigenvalue weighted by Crippen LogP contribution is -2.52. The molecule has 0 aromatic carbocycles. The Morgan fingerprint density at radius 2 is 2.42 bits per heavy atom. The molecular formula is C18H27N3O2S. The lowest BCUT2D eigenvalue weighted by Gasteiger charge is -2.30. The number of amides is 1. The molecule has 1 amide bonds. The third kappa shape index (κ3) is 5.30. The zero-order valence-electron chi connectivity index (χ0n) is 14.7. The molecule has 1 aromatic heterocycles. The summed E-state index contributed by atoms with van der Waals surface area (Å²) in [5, 5.41) is 14.3. The van der Waals surface area contributed by atoms with Gasteiger partial charge < -0.3 is 10.1 Å². The second kappa shape index (κ2) is 8.61. The van der Waals surface area contributed by atoms with E-state index in [-0.39, 0.29) is 24.5 Å². The highest BCUT2D eigenvalue weighted by Crippen LogP contribution is 2.18. The number of nitrogens with one attached hydrogen (secondary N) is 1. The van der Waals surface area contributed by atoms with Gasteiger partial charge in [-0.05, 0) is 37.1 Å². The van der Waals surface area contributed by atoms with E-state index in [1.54, 1.807) is 18.3 Å². The summed E-state index contributed by atoms with van der Waals surface area (Å²) in [6.45, 7) is 8.23. The van der Waals surface area contributed by atoms with Gasteiger partial charge in [-0.1, -0.05) is 19.9 Å². The molecule has 2 rings (SSSR count). The van der Waals surface area contributed by atoms with Crippen LogP contribution in [0.2, 0.25) is 0 Å². The molecule has 1 saturated heterocycles. The number of ether oxygens (including phenoxy) is 1. The van der Waals surface area contributed by atoms with Gasteiger partial charge in [-0.15, -0.1) is 11.3 Å². The van der Waals surface area contributed by atoms with Crippen LogP contribution < -0.4 is 5.32 Å². The maximum atomic E-state index is 12.5. The summed E-state index contributed by atoms with van der Waals surface area (Å²) < 4.78 is 5.72. The van der Waals surface area contributed by atoms with Gasteiger partial charge in [0.25, 0.3) is 0 Å². The van der Waals surface area contributed by atoms with Crippen LogP contribution in [-0.2, 0) is 16.1 Å². The number of hydrogen-bond donors (Lipinski definition) is 1. The normalized spacial score (nSPS) is 20.1. The highest BCUT2D eigenvalue weighted by molar-refractivity contribution is 7.09. The van der Waals surface area contributed by atoms with Crippen molar-refractivity contribution in [2.24, 2.45) is 5.92 Å². The largest absolute Gasteiger partial charge is 0.377 e. The summed E-state index contributed by atoms with van der Waals surface area (Å²) in [5.74, 6) is -0.0577. The lowest BCUT2D eigenvalue weighted by atomic mass is 9.90. The van der Waals surface area contributed by atoms with Gasteiger partial charge in [0.1, 0.15) is 5.54 Å². The van der Waals surface area contributed by atoms with E-state index in [1.807, 2.05) is 25.3 Å². The van der Waals surface area contributed by atoms with Crippen LogP contribution in [0, 0.1) is 17.2 Å². The second-order valence-electron chi connectivity index (χ2n) is 6.90. The minimum Gasteiger partial charge on any atom is -0.377 e. The molecule has 2 atom stereocenters. The number of rotatable bonds is 8. The van der Waals surface area contributed by atoms with Crippen LogP contribution in [0.25, 0.3) is 0 Å². The molecule has 1 N–H and O–H groups in total. The fourth-order valence-electron chi connectivity index (χ4n) is 2.72. The molecule has 0 saturated carbocycles. The average Bonchev–Trinajstić information content (AvgIpc) is 3.20. The molecular weight excluding hydrogens is 322 g/mol. The van der Waals surface area contributed by atoms with Crippen LogP contribution in [0.1, 0.15) is 38.5 Å². The molecule has 0 spiro atoms. The summed E-state index contributed by atoms with van der Waals surface area (Å²) in [7, 11) is 0. The molecule has 1 aliphatic heterocycles. The van der Waals surface area contributed by atoms with Crippen molar-refractivity contribution in [2.75, 3.05) is 19.7 Å². The maximum absolute atomic E-state index is 12.5. The summed E-state index contributed by atoms with van der Waals surface area (Å²) in [4.78, 5) is 15.8. The zero-order valence-corrected chi connectivity index (χ0v) is 15.6. The SMILES string of the molecule is CC(C)[C@](C)(C#N)NC(=O)CN(Cc1cccs1)C[C@@H]1CCCO1. The van der Waals surface area contributed by atoms with E-state index < -0.39 is 5.54 Å². The van der Waals surface area contributed by atoms with E-state index in [4.69, 9.17) is 4.74 Å². The van der Waals surface area contributed by atoms with Gasteiger partial charge >= 0.3 is 0 Å². The second-order valence-corrected chi connectivity index (χ2v) is 7.93. The Labute approximate surface area is 148 Å². The molecule has 1 aromatic rings. The summed E-state index contributed by atoms with van der Waals surface area (Å²) in [5.41, 5.74) is -0.838. The maximum Gasteiger partial charge on any atom is 0.235 e. The number of nitrogens with zero attached hydrogens (tertiary/aromatic N) is 2. The van der Waals surface area contributed by atoms with E-state index in [0.717, 1.165) is 32.5 Å². The first kappa shape index (κ1) is 18.9. The van der Waals surface area contributed by atoms with Crippen molar-refractivity contribution in [1.29, 1.82) is 5.26 Å². The smallest absolute Gasteiger partial charge is 0.235 e. The minimum atomic E-state index is -0.838. The van der Waals surface area contributed by atoms with Crippen LogP contribution in [-0.4, -0.2) is 42.1 Å². The van der Waals surface area contributed by atoms with E-state index in [9.17, 15) is 10.1 Å². The van der Waals surface area contributed by atoms with E-state index >= 15 is 0 Å². The Balaban J connectivity index is 1.98. The fraction of sp³-hybridized carbons (Fsp3) is 0.667. The van der Waals surface area contributed by atoms with Crippen molar-refractivity contribution >= 4 is 17.2 Å². The molecule has 0 radical (unpaired) electrons. The van der Waals surface area contributed by atoms with Gasteiger partial charge in [-0.25, -0.2) is 0 Å². The Bertz CT molecular complexity index is 561. The zero-order chi connectivity index (χ0) is 17.6. The van der Waals surface area contributed by atoms with Crippen molar-refractivity contribution in [2.45, 2.75) is 51.8 Å². The molecule has 132 valence electrons. The van der Waals surface area contributed by atoms with Crippen LogP contribution >= 0.6 is 11.3 Å². The minimum absolute atomic E-state index is 0.0513. The van der Waals surface area contributed by atoms with Gasteiger partial charge in [0.05, 0.1) is 18.7 Å². The predicted molar refractivity (Wildman–Crippen MR) is 95.6 cm³/mol. The molecule has 0 bridgehead atoms. The van der Waals surface area contributed by atoms with Gasteiger partial charge in [0.15, 0.2) is 0 Å². The Morgan fingerprint density at radius 3 is 2.96 bits per heavy atom. The molecule has 0 aliphatic carbocycles. The molecule has 5 nitrogen and oxygen atoms in total. The first-order valence-corrected chi connectivity index (χ1v) is 9.39. The highest BCUT2D eigenvalue weighted by Gasteiger charge is 2.31. The third-order valence-electron chi connectivity index (χ3n) is 4.60. The highest BCUT2D eigenvalue weighted by atomic mass is 32.1. The van der Waals surface area contributed by atoms with Crippen molar-refractivity contribution in [1.82, 2.24) is 10.2 Å². The van der Waals surface area contributed by atoms with Crippen LogP contribution in [0.5, 0.6) is 0 Å². The van der Waals surface area contributed by atoms with Gasteiger partial charge in [-0.3, -0.25) is 9.69 Å². The summed E-state index contributed by atoms with van der Waals surface area (Å²) >= 11 is 1.69. The van der Waals surface area contributed by atoms with Gasteiger partial charge in [-0.2, -0.15) is 5.26 Å². The average molecular weight is 350 g/mol. The summed E-state index contributed by atoms with van der Waals surface area (Å²) in [6, 6.07) is 6.33. The van der Waals surface area contributed by atoms with E-state index in [0.29, 0.717) is 0 Å². The Hall–Kier alpha value is -1.42. The van der Waals surface area contributed by atoms with Crippen LogP contribution in [0.4, 0.5) is 0 Å². The molecule has 1 fully saturated rings. The van der Waals surface area contributed by atoms with Gasteiger partial charge in [0.2, 0.25) is 5.91 Å². The molecule has 0 unspecified atom stereocenters. The van der Waals surface area contributed by atoms with Crippen molar-refractivity contribution in [3.63, 3.8) is 0 Å². The van der Waals surface area contributed by atoms with Crippen molar-refractivity contribution in [3.8, 4) is 6.07 Å². The Kier molecular flexibility index (Phi) is 6.79. The Morgan fingerprint density at radius 1 is 1.62 bits per heavy atom. The van der Waals surface area contributed by atoms with Crippen LogP contribution in [0.3, 0.4) is 0 Å². The molecule has 2 heterocycles. The summed E-state index contributed by atoms with van der Waals surface area (Å²) in [6.07, 6.45) is 2.33. The van der Waals surface area contributed by atoms with Gasteiger partial charge in [0, 0.05) is 24.6 Å². The number of carbonyl (C=O) groups excluding carboxylic acids is 1. The van der Waals surface area contributed by atoms with Crippen LogP contribution in [0.15, 0.2) is 17.5 Å². The van der Waals surface area contributed by atoms with Crippen molar-refractivity contribution < 1.29 is 9.53 Å². The first-order valence-electron chi connectivity index (χ1n) is 8.51.